The van der Waals surface area contributed by atoms with Crippen molar-refractivity contribution in [3.05, 3.63) is 60.2 Å². The lowest BCUT2D eigenvalue weighted by Gasteiger charge is -2.12. The maximum Gasteiger partial charge on any atom is 0.270 e. The zero-order valence-corrected chi connectivity index (χ0v) is 17.8. The molecule has 32 heavy (non-hydrogen) atoms. The molecule has 10 nitrogen and oxygen atoms in total. The number of nitrogens with one attached hydrogen (secondary N) is 2. The predicted octanol–water partition coefficient (Wildman–Crippen LogP) is 2.63. The van der Waals surface area contributed by atoms with E-state index < -0.39 is 0 Å². The van der Waals surface area contributed by atoms with Crippen molar-refractivity contribution in [1.82, 2.24) is 39.9 Å². The molecule has 5 rings (SSSR count). The summed E-state index contributed by atoms with van der Waals surface area (Å²) in [6.45, 7) is 4.56. The number of anilines is 1. The number of H-pyrrole nitrogens is 1. The maximum atomic E-state index is 12.9. The number of rotatable bonds is 6. The average molecular weight is 429 g/mol. The van der Waals surface area contributed by atoms with Crippen molar-refractivity contribution in [2.45, 2.75) is 32.9 Å². The second kappa shape index (κ2) is 7.80. The fraction of sp³-hybridized carbons (Fsp3) is 0.227. The Kier molecular flexibility index (Phi) is 4.81. The number of para-hydroxylation sites is 1. The van der Waals surface area contributed by atoms with Crippen LogP contribution >= 0.6 is 0 Å². The molecule has 5 aromatic rings. The Morgan fingerprint density at radius 1 is 1.25 bits per heavy atom. The standard InChI is InChI=1S/C22H23N9O/c1-3-13(2)26-21(32)18-7-16(8-19-27-22(23)29-31(18)19)17-10-25-30(12-17)11-15-6-4-5-14-9-24-28-20(14)15/h4-10,12-13H,3,11H2,1-2H3,(H2,23,29)(H,24,28)(H,26,32)/t13-/m0/s1. The van der Waals surface area contributed by atoms with Crippen LogP contribution in [0, 0.1) is 0 Å². The van der Waals surface area contributed by atoms with Gasteiger partial charge in [-0.15, -0.1) is 5.10 Å². The molecule has 0 spiro atoms. The Bertz CT molecular complexity index is 1430. The summed E-state index contributed by atoms with van der Waals surface area (Å²) in [6.07, 6.45) is 6.34. The largest absolute Gasteiger partial charge is 0.366 e. The number of fused-ring (bicyclic) bond motifs is 2. The Hall–Kier alpha value is -4.21. The molecule has 0 saturated heterocycles. The van der Waals surface area contributed by atoms with Gasteiger partial charge in [0.25, 0.3) is 5.91 Å². The highest BCUT2D eigenvalue weighted by Gasteiger charge is 2.18. The van der Waals surface area contributed by atoms with E-state index in [9.17, 15) is 4.79 Å². The van der Waals surface area contributed by atoms with Crippen LogP contribution in [0.2, 0.25) is 0 Å². The quantitative estimate of drug-likeness (QED) is 0.380. The molecule has 0 aliphatic rings. The Morgan fingerprint density at radius 2 is 2.12 bits per heavy atom. The first-order valence-electron chi connectivity index (χ1n) is 10.4. The summed E-state index contributed by atoms with van der Waals surface area (Å²) in [5.41, 5.74) is 10.4. The average Bonchev–Trinajstić information content (AvgIpc) is 3.51. The molecule has 4 aromatic heterocycles. The Balaban J connectivity index is 1.50. The van der Waals surface area contributed by atoms with Crippen molar-refractivity contribution >= 4 is 28.4 Å². The predicted molar refractivity (Wildman–Crippen MR) is 121 cm³/mol. The summed E-state index contributed by atoms with van der Waals surface area (Å²) in [5.74, 6) is -0.113. The topological polar surface area (TPSA) is 132 Å². The monoisotopic (exact) mass is 429 g/mol. The van der Waals surface area contributed by atoms with E-state index in [0.29, 0.717) is 17.9 Å². The van der Waals surface area contributed by atoms with Gasteiger partial charge in [0.05, 0.1) is 24.5 Å². The normalized spacial score (nSPS) is 12.4. The summed E-state index contributed by atoms with van der Waals surface area (Å²) in [6, 6.07) is 9.74. The van der Waals surface area contributed by atoms with Crippen LogP contribution in [-0.2, 0) is 6.54 Å². The number of pyridine rings is 1. The smallest absolute Gasteiger partial charge is 0.270 e. The minimum atomic E-state index is -0.227. The number of benzene rings is 1. The second-order valence-electron chi connectivity index (χ2n) is 7.83. The summed E-state index contributed by atoms with van der Waals surface area (Å²) in [4.78, 5) is 17.2. The number of amides is 1. The van der Waals surface area contributed by atoms with Gasteiger partial charge in [0, 0.05) is 23.2 Å². The van der Waals surface area contributed by atoms with Crippen molar-refractivity contribution < 1.29 is 4.79 Å². The van der Waals surface area contributed by atoms with Gasteiger partial charge in [-0.3, -0.25) is 14.6 Å². The lowest BCUT2D eigenvalue weighted by molar-refractivity contribution is 0.0932. The molecular weight excluding hydrogens is 406 g/mol. The molecule has 4 N–H and O–H groups in total. The summed E-state index contributed by atoms with van der Waals surface area (Å²) >= 11 is 0. The van der Waals surface area contributed by atoms with Crippen molar-refractivity contribution in [2.75, 3.05) is 5.73 Å². The highest BCUT2D eigenvalue weighted by molar-refractivity contribution is 5.95. The van der Waals surface area contributed by atoms with E-state index in [4.69, 9.17) is 5.73 Å². The summed E-state index contributed by atoms with van der Waals surface area (Å²) in [5, 5.41) is 19.9. The van der Waals surface area contributed by atoms with Crippen LogP contribution in [0.15, 0.2) is 48.9 Å². The molecule has 1 amide bonds. The van der Waals surface area contributed by atoms with Gasteiger partial charge < -0.3 is 11.1 Å². The number of carbonyl (C=O) groups excluding carboxylic acids is 1. The first-order valence-corrected chi connectivity index (χ1v) is 10.4. The molecule has 0 bridgehead atoms. The van der Waals surface area contributed by atoms with Gasteiger partial charge in [-0.05, 0) is 36.6 Å². The van der Waals surface area contributed by atoms with Crippen molar-refractivity contribution in [1.29, 1.82) is 0 Å². The molecule has 0 unspecified atom stereocenters. The maximum absolute atomic E-state index is 12.9. The lowest BCUT2D eigenvalue weighted by Crippen LogP contribution is -2.33. The van der Waals surface area contributed by atoms with Crippen LogP contribution in [0.5, 0.6) is 0 Å². The molecule has 0 radical (unpaired) electrons. The highest BCUT2D eigenvalue weighted by Crippen LogP contribution is 2.24. The molecule has 1 atom stereocenters. The third-order valence-electron chi connectivity index (χ3n) is 5.54. The number of aromatic amines is 1. The van der Waals surface area contributed by atoms with E-state index in [1.807, 2.05) is 49.0 Å². The van der Waals surface area contributed by atoms with Crippen LogP contribution in [0.4, 0.5) is 5.95 Å². The van der Waals surface area contributed by atoms with Gasteiger partial charge in [-0.25, -0.2) is 4.52 Å². The third-order valence-corrected chi connectivity index (χ3v) is 5.54. The van der Waals surface area contributed by atoms with Crippen molar-refractivity contribution in [3.8, 4) is 11.1 Å². The zero-order chi connectivity index (χ0) is 22.2. The molecule has 162 valence electrons. The number of hydrogen-bond donors (Lipinski definition) is 3. The molecule has 1 aromatic carbocycles. The summed E-state index contributed by atoms with van der Waals surface area (Å²) < 4.78 is 3.33. The minimum Gasteiger partial charge on any atom is -0.366 e. The minimum absolute atomic E-state index is 0.0371. The fourth-order valence-electron chi connectivity index (χ4n) is 3.66. The molecule has 0 fully saturated rings. The van der Waals surface area contributed by atoms with Crippen LogP contribution in [0.25, 0.3) is 27.7 Å². The molecule has 0 aliphatic carbocycles. The molecule has 0 aliphatic heterocycles. The van der Waals surface area contributed by atoms with E-state index in [-0.39, 0.29) is 17.9 Å². The van der Waals surface area contributed by atoms with Gasteiger partial charge in [-0.2, -0.15) is 15.2 Å². The third kappa shape index (κ3) is 3.55. The molecule has 10 heteroatoms. The Morgan fingerprint density at radius 3 is 2.97 bits per heavy atom. The number of nitrogens with two attached hydrogens (primary N) is 1. The van der Waals surface area contributed by atoms with Gasteiger partial charge in [-0.1, -0.05) is 25.1 Å². The van der Waals surface area contributed by atoms with Gasteiger partial charge >= 0.3 is 0 Å². The van der Waals surface area contributed by atoms with E-state index in [1.54, 1.807) is 18.5 Å². The van der Waals surface area contributed by atoms with E-state index in [2.05, 4.69) is 30.7 Å². The van der Waals surface area contributed by atoms with Crippen LogP contribution in [-0.4, -0.2) is 46.5 Å². The van der Waals surface area contributed by atoms with Crippen LogP contribution < -0.4 is 11.1 Å². The number of carbonyl (C=O) groups is 1. The Labute approximate surface area is 183 Å². The van der Waals surface area contributed by atoms with Crippen molar-refractivity contribution in [3.63, 3.8) is 0 Å². The molecular formula is C22H23N9O. The first kappa shape index (κ1) is 19.7. The molecule has 4 heterocycles. The van der Waals surface area contributed by atoms with E-state index in [0.717, 1.165) is 34.0 Å². The van der Waals surface area contributed by atoms with E-state index >= 15 is 0 Å². The number of nitrogens with zero attached hydrogens (tertiary/aromatic N) is 6. The van der Waals surface area contributed by atoms with Gasteiger partial charge in [0.1, 0.15) is 5.69 Å². The fourth-order valence-corrected chi connectivity index (χ4v) is 3.66. The number of nitrogen functional groups attached to an aromatic ring is 1. The molecule has 0 saturated carbocycles. The van der Waals surface area contributed by atoms with Crippen LogP contribution in [0.3, 0.4) is 0 Å². The van der Waals surface area contributed by atoms with Crippen LogP contribution in [0.1, 0.15) is 36.3 Å². The number of aromatic nitrogens is 7. The lowest BCUT2D eigenvalue weighted by atomic mass is 10.1. The SMILES string of the molecule is CC[C@H](C)NC(=O)c1cc(-c2cnn(Cc3cccc4cn[nH]c34)c2)cc2nc(N)nn12. The zero-order valence-electron chi connectivity index (χ0n) is 17.8. The first-order chi connectivity index (χ1) is 15.5. The van der Waals surface area contributed by atoms with Gasteiger partial charge in [0.2, 0.25) is 5.95 Å². The second-order valence-corrected chi connectivity index (χ2v) is 7.83. The van der Waals surface area contributed by atoms with Gasteiger partial charge in [0.15, 0.2) is 5.65 Å². The van der Waals surface area contributed by atoms with Crippen molar-refractivity contribution in [2.24, 2.45) is 0 Å². The number of hydrogen-bond acceptors (Lipinski definition) is 6. The summed E-state index contributed by atoms with van der Waals surface area (Å²) in [7, 11) is 0. The highest BCUT2D eigenvalue weighted by atomic mass is 16.2. The van der Waals surface area contributed by atoms with E-state index in [1.165, 1.54) is 4.52 Å².